The van der Waals surface area contributed by atoms with Gasteiger partial charge in [-0.25, -0.2) is 4.39 Å². The number of hydrogen-bond acceptors (Lipinski definition) is 8. The van der Waals surface area contributed by atoms with E-state index in [0.29, 0.717) is 11.6 Å². The highest BCUT2D eigenvalue weighted by molar-refractivity contribution is 7.99. The predicted octanol–water partition coefficient (Wildman–Crippen LogP) is -0.131. The largest absolute Gasteiger partial charge is 0.368 e. The van der Waals surface area contributed by atoms with E-state index in [4.69, 9.17) is 11.5 Å². The maximum atomic E-state index is 12.8. The van der Waals surface area contributed by atoms with Gasteiger partial charge in [0.25, 0.3) is 5.91 Å². The van der Waals surface area contributed by atoms with E-state index in [9.17, 15) is 14.0 Å². The molecule has 6 N–H and O–H groups in total. The molecule has 2 aromatic rings. The van der Waals surface area contributed by atoms with Crippen LogP contribution in [0.3, 0.4) is 0 Å². The van der Waals surface area contributed by atoms with Crippen LogP contribution in [0.15, 0.2) is 24.3 Å². The van der Waals surface area contributed by atoms with E-state index in [1.54, 1.807) is 0 Å². The predicted molar refractivity (Wildman–Crippen MR) is 86.8 cm³/mol. The lowest BCUT2D eigenvalue weighted by Crippen LogP contribution is -2.42. The van der Waals surface area contributed by atoms with Crippen molar-refractivity contribution in [3.8, 4) is 0 Å². The van der Waals surface area contributed by atoms with E-state index in [0.717, 1.165) is 12.1 Å². The molecule has 1 heterocycles. The Morgan fingerprint density at radius 1 is 1.04 bits per heavy atom. The molecular weight excluding hydrogens is 337 g/mol. The van der Waals surface area contributed by atoms with Gasteiger partial charge in [0.05, 0.1) is 11.5 Å². The van der Waals surface area contributed by atoms with E-state index in [1.807, 2.05) is 0 Å². The van der Waals surface area contributed by atoms with Gasteiger partial charge in [-0.05, 0) is 24.3 Å². The van der Waals surface area contributed by atoms with E-state index in [1.165, 1.54) is 23.9 Å². The molecule has 1 aromatic heterocycles. The number of anilines is 2. The molecule has 0 unspecified atom stereocenters. The zero-order chi connectivity index (χ0) is 17.5. The van der Waals surface area contributed by atoms with Gasteiger partial charge in [-0.3, -0.25) is 20.4 Å². The van der Waals surface area contributed by atoms with Gasteiger partial charge in [0.1, 0.15) is 11.6 Å². The number of thioether (sulfide) groups is 1. The molecule has 0 aliphatic carbocycles. The smallest absolute Gasteiger partial charge is 0.269 e. The third-order valence-electron chi connectivity index (χ3n) is 2.60. The summed E-state index contributed by atoms with van der Waals surface area (Å²) in [4.78, 5) is 34.8. The molecule has 126 valence electrons. The second-order valence-corrected chi connectivity index (χ2v) is 5.46. The SMILES string of the molecule is Nc1nc(N)nc(CSCC(=O)NNC(=O)c2ccc(F)cc2)n1. The summed E-state index contributed by atoms with van der Waals surface area (Å²) in [6.07, 6.45) is 0. The molecule has 2 amide bonds. The summed E-state index contributed by atoms with van der Waals surface area (Å²) in [5.74, 6) is -0.703. The van der Waals surface area contributed by atoms with Crippen molar-refractivity contribution >= 4 is 35.5 Å². The number of hydrogen-bond donors (Lipinski definition) is 4. The first-order chi connectivity index (χ1) is 11.4. The Kier molecular flexibility index (Phi) is 5.84. The van der Waals surface area contributed by atoms with Gasteiger partial charge in [-0.2, -0.15) is 15.0 Å². The molecule has 0 spiro atoms. The first-order valence-electron chi connectivity index (χ1n) is 6.62. The molecule has 0 aliphatic rings. The third kappa shape index (κ3) is 5.35. The second kappa shape index (κ2) is 8.06. The Bertz CT molecular complexity index is 721. The number of hydrazine groups is 1. The summed E-state index contributed by atoms with van der Waals surface area (Å²) in [5, 5.41) is 0. The average molecular weight is 351 g/mol. The highest BCUT2D eigenvalue weighted by Gasteiger charge is 2.08. The molecule has 0 saturated carbocycles. The molecule has 9 nitrogen and oxygen atoms in total. The van der Waals surface area contributed by atoms with Gasteiger partial charge < -0.3 is 11.5 Å². The zero-order valence-electron chi connectivity index (χ0n) is 12.3. The molecular formula is C13H14FN7O2S. The third-order valence-corrected chi connectivity index (χ3v) is 3.53. The van der Waals surface area contributed by atoms with Crippen LogP contribution in [0, 0.1) is 5.82 Å². The maximum Gasteiger partial charge on any atom is 0.269 e. The lowest BCUT2D eigenvalue weighted by atomic mass is 10.2. The topological polar surface area (TPSA) is 149 Å². The number of carbonyl (C=O) groups excluding carboxylic acids is 2. The van der Waals surface area contributed by atoms with Crippen LogP contribution in [0.4, 0.5) is 16.3 Å². The Morgan fingerprint density at radius 2 is 1.67 bits per heavy atom. The first-order valence-corrected chi connectivity index (χ1v) is 7.78. The lowest BCUT2D eigenvalue weighted by molar-refractivity contribution is -0.119. The Labute approximate surface area is 140 Å². The number of nitrogens with two attached hydrogens (primary N) is 2. The van der Waals surface area contributed by atoms with Crippen molar-refractivity contribution < 1.29 is 14.0 Å². The molecule has 2 rings (SSSR count). The highest BCUT2D eigenvalue weighted by atomic mass is 32.2. The average Bonchev–Trinajstić information content (AvgIpc) is 2.52. The molecule has 11 heteroatoms. The molecule has 0 atom stereocenters. The van der Waals surface area contributed by atoms with Gasteiger partial charge in [-0.1, -0.05) is 0 Å². The molecule has 0 fully saturated rings. The van der Waals surface area contributed by atoms with Crippen molar-refractivity contribution in [2.75, 3.05) is 17.2 Å². The minimum absolute atomic E-state index is 0.00844. The Morgan fingerprint density at radius 3 is 2.29 bits per heavy atom. The standard InChI is InChI=1S/C13H14FN7O2S/c14-8-3-1-7(2-4-8)11(23)21-20-10(22)6-24-5-9-17-12(15)19-13(16)18-9/h1-4H,5-6H2,(H,20,22)(H,21,23)(H4,15,16,17,18,19). The highest BCUT2D eigenvalue weighted by Crippen LogP contribution is 2.09. The van der Waals surface area contributed by atoms with Crippen LogP contribution in [0.1, 0.15) is 16.2 Å². The van der Waals surface area contributed by atoms with Crippen molar-refractivity contribution in [2.45, 2.75) is 5.75 Å². The van der Waals surface area contributed by atoms with Crippen LogP contribution in [0.2, 0.25) is 0 Å². The fourth-order valence-corrected chi connectivity index (χ4v) is 2.26. The number of aromatic nitrogens is 3. The number of nitrogens with one attached hydrogen (secondary N) is 2. The van der Waals surface area contributed by atoms with Crippen LogP contribution in [0.25, 0.3) is 0 Å². The summed E-state index contributed by atoms with van der Waals surface area (Å²) >= 11 is 1.20. The number of benzene rings is 1. The molecule has 0 saturated heterocycles. The molecule has 0 bridgehead atoms. The zero-order valence-corrected chi connectivity index (χ0v) is 13.1. The number of amides is 2. The Hall–Kier alpha value is -2.95. The van der Waals surface area contributed by atoms with Crippen molar-refractivity contribution in [2.24, 2.45) is 0 Å². The summed E-state index contributed by atoms with van der Waals surface area (Å²) in [7, 11) is 0. The van der Waals surface area contributed by atoms with Crippen LogP contribution in [-0.4, -0.2) is 32.5 Å². The quantitative estimate of drug-likeness (QED) is 0.544. The monoisotopic (exact) mass is 351 g/mol. The van der Waals surface area contributed by atoms with Crippen LogP contribution in [0.5, 0.6) is 0 Å². The van der Waals surface area contributed by atoms with Crippen molar-refractivity contribution in [3.63, 3.8) is 0 Å². The first kappa shape index (κ1) is 17.4. The fourth-order valence-electron chi connectivity index (χ4n) is 1.59. The van der Waals surface area contributed by atoms with Crippen molar-refractivity contribution in [1.82, 2.24) is 25.8 Å². The molecule has 0 aliphatic heterocycles. The number of nitrogen functional groups attached to an aromatic ring is 2. The Balaban J connectivity index is 1.73. The lowest BCUT2D eigenvalue weighted by Gasteiger charge is -2.07. The maximum absolute atomic E-state index is 12.8. The van der Waals surface area contributed by atoms with E-state index in [-0.39, 0.29) is 23.2 Å². The van der Waals surface area contributed by atoms with Crippen LogP contribution >= 0.6 is 11.8 Å². The van der Waals surface area contributed by atoms with Gasteiger partial charge in [-0.15, -0.1) is 11.8 Å². The summed E-state index contributed by atoms with van der Waals surface area (Å²) in [6, 6.07) is 4.92. The molecule has 24 heavy (non-hydrogen) atoms. The summed E-state index contributed by atoms with van der Waals surface area (Å²) in [6.45, 7) is 0. The summed E-state index contributed by atoms with van der Waals surface area (Å²) < 4.78 is 12.8. The second-order valence-electron chi connectivity index (χ2n) is 4.47. The minimum atomic E-state index is -0.550. The van der Waals surface area contributed by atoms with E-state index >= 15 is 0 Å². The van der Waals surface area contributed by atoms with Crippen LogP contribution in [-0.2, 0) is 10.5 Å². The number of rotatable bonds is 5. The summed E-state index contributed by atoms with van der Waals surface area (Å²) in [5.41, 5.74) is 15.6. The van der Waals surface area contributed by atoms with Gasteiger partial charge >= 0.3 is 0 Å². The molecule has 1 aromatic carbocycles. The molecule has 0 radical (unpaired) electrons. The van der Waals surface area contributed by atoms with Crippen molar-refractivity contribution in [1.29, 1.82) is 0 Å². The van der Waals surface area contributed by atoms with Gasteiger partial charge in [0.2, 0.25) is 17.8 Å². The normalized spacial score (nSPS) is 10.2. The fraction of sp³-hybridized carbons (Fsp3) is 0.154. The van der Waals surface area contributed by atoms with Crippen molar-refractivity contribution in [3.05, 3.63) is 41.5 Å². The minimum Gasteiger partial charge on any atom is -0.368 e. The number of carbonyl (C=O) groups is 2. The van der Waals surface area contributed by atoms with Crippen LogP contribution < -0.4 is 22.3 Å². The van der Waals surface area contributed by atoms with E-state index < -0.39 is 17.6 Å². The van der Waals surface area contributed by atoms with E-state index in [2.05, 4.69) is 25.8 Å². The number of nitrogens with zero attached hydrogens (tertiary/aromatic N) is 3. The van der Waals surface area contributed by atoms with Gasteiger partial charge in [0.15, 0.2) is 0 Å². The number of halogens is 1. The van der Waals surface area contributed by atoms with Gasteiger partial charge in [0, 0.05) is 5.56 Å².